The van der Waals surface area contributed by atoms with Crippen molar-refractivity contribution >= 4 is 33.1 Å². The molecule has 0 N–H and O–H groups in total. The maximum Gasteiger partial charge on any atom is 0.339 e. The topological polar surface area (TPSA) is 84.6 Å². The fourth-order valence-electron chi connectivity index (χ4n) is 6.44. The number of para-hydroxylation sites is 4. The lowest BCUT2D eigenvalue weighted by Gasteiger charge is -2.09. The summed E-state index contributed by atoms with van der Waals surface area (Å²) in [4.78, 5) is 37.9. The molecule has 9 rings (SSSR count). The highest BCUT2D eigenvalue weighted by atomic mass is 16.2. The maximum atomic E-state index is 14.6. The second-order valence-corrected chi connectivity index (χ2v) is 11.2. The van der Waals surface area contributed by atoms with Crippen LogP contribution in [0.5, 0.6) is 0 Å². The summed E-state index contributed by atoms with van der Waals surface area (Å²) in [6, 6.07) is 44.2. The molecule has 47 heavy (non-hydrogen) atoms. The first-order valence-electron chi connectivity index (χ1n) is 15.2. The van der Waals surface area contributed by atoms with Crippen molar-refractivity contribution in [1.29, 1.82) is 0 Å². The van der Waals surface area contributed by atoms with Gasteiger partial charge in [-0.2, -0.15) is 0 Å². The van der Waals surface area contributed by atoms with Crippen molar-refractivity contribution < 1.29 is 0 Å². The van der Waals surface area contributed by atoms with Gasteiger partial charge in [-0.3, -0.25) is 18.3 Å². The van der Waals surface area contributed by atoms with Gasteiger partial charge >= 0.3 is 11.4 Å². The summed E-state index contributed by atoms with van der Waals surface area (Å²) >= 11 is 0. The van der Waals surface area contributed by atoms with Gasteiger partial charge in [0.05, 0.1) is 50.2 Å². The molecule has 0 fully saturated rings. The first kappa shape index (κ1) is 26.6. The molecule has 0 aliphatic carbocycles. The highest BCUT2D eigenvalue weighted by molar-refractivity contribution is 5.95. The number of imidazole rings is 3. The van der Waals surface area contributed by atoms with Crippen LogP contribution in [-0.4, -0.2) is 32.8 Å². The Labute approximate surface area is 267 Å². The van der Waals surface area contributed by atoms with Gasteiger partial charge in [0.15, 0.2) is 0 Å². The van der Waals surface area contributed by atoms with E-state index in [9.17, 15) is 9.59 Å². The van der Waals surface area contributed by atoms with Crippen LogP contribution in [0.1, 0.15) is 0 Å². The van der Waals surface area contributed by atoms with Crippen LogP contribution in [0.15, 0.2) is 162 Å². The van der Waals surface area contributed by atoms with E-state index in [4.69, 9.17) is 0 Å². The minimum Gasteiger partial charge on any atom is -0.299 e. The molecule has 0 amide bonds. The molecule has 0 saturated carbocycles. The maximum absolute atomic E-state index is 14.6. The molecule has 0 aliphatic rings. The van der Waals surface area contributed by atoms with E-state index in [0.717, 1.165) is 22.4 Å². The van der Waals surface area contributed by atoms with Crippen LogP contribution >= 0.6 is 0 Å². The van der Waals surface area contributed by atoms with Gasteiger partial charge in [0.1, 0.15) is 12.1 Å². The number of nitrogens with zero attached hydrogens (tertiary/aromatic N) is 7. The van der Waals surface area contributed by atoms with E-state index in [-0.39, 0.29) is 11.4 Å². The lowest BCUT2D eigenvalue weighted by Crippen LogP contribution is -2.23. The second-order valence-electron chi connectivity index (χ2n) is 11.2. The van der Waals surface area contributed by atoms with E-state index < -0.39 is 0 Å². The molecule has 9 aromatic rings. The quantitative estimate of drug-likeness (QED) is 0.219. The Hall–Kier alpha value is -6.74. The number of pyridine rings is 1. The van der Waals surface area contributed by atoms with Crippen LogP contribution in [0, 0.1) is 0 Å². The standard InChI is InChI=1S/C38H25N7O2/c46-37-42(26-12-3-1-4-13-26)32-23-34-35(45(36-20-9-10-21-39-36)38(47)43(34)27-14-5-2-6-15-27)24-33(32)44(37)29-17-11-16-28(22-29)41-25-40-30-18-7-8-19-31(30)41/h1-25H. The van der Waals surface area contributed by atoms with E-state index in [1.807, 2.05) is 144 Å². The van der Waals surface area contributed by atoms with E-state index >= 15 is 0 Å². The summed E-state index contributed by atoms with van der Waals surface area (Å²) in [5.41, 5.74) is 6.92. The van der Waals surface area contributed by atoms with E-state index in [2.05, 4.69) is 9.97 Å². The van der Waals surface area contributed by atoms with E-state index in [0.29, 0.717) is 39.3 Å². The lowest BCUT2D eigenvalue weighted by molar-refractivity contribution is 0.903. The minimum absolute atomic E-state index is 0.232. The van der Waals surface area contributed by atoms with Crippen LogP contribution in [0.4, 0.5) is 0 Å². The average molecular weight is 612 g/mol. The molecule has 5 aromatic carbocycles. The van der Waals surface area contributed by atoms with Gasteiger partial charge in [-0.05, 0) is 78.9 Å². The first-order chi connectivity index (χ1) is 23.2. The zero-order valence-electron chi connectivity index (χ0n) is 24.9. The molecule has 9 nitrogen and oxygen atoms in total. The molecule has 0 aliphatic heterocycles. The third-order valence-corrected chi connectivity index (χ3v) is 8.53. The molecule has 0 atom stereocenters. The lowest BCUT2D eigenvalue weighted by atomic mass is 10.2. The summed E-state index contributed by atoms with van der Waals surface area (Å²) in [5.74, 6) is 0.488. The molecule has 4 heterocycles. The predicted molar refractivity (Wildman–Crippen MR) is 184 cm³/mol. The zero-order chi connectivity index (χ0) is 31.5. The Kier molecular flexibility index (Phi) is 5.91. The van der Waals surface area contributed by atoms with Crippen molar-refractivity contribution in [3.63, 3.8) is 0 Å². The predicted octanol–water partition coefficient (Wildman–Crippen LogP) is 6.61. The minimum atomic E-state index is -0.258. The SMILES string of the molecule is O=c1n(-c2ccccc2)c2cc3c(cc2n1-c1cccc(-n2cnc4ccccc42)c1)n(-c1ccccn1)c(=O)n3-c1ccccc1. The van der Waals surface area contributed by atoms with Gasteiger partial charge in [-0.1, -0.05) is 60.7 Å². The Morgan fingerprint density at radius 3 is 1.60 bits per heavy atom. The Balaban J connectivity index is 1.39. The number of rotatable bonds is 5. The highest BCUT2D eigenvalue weighted by Crippen LogP contribution is 2.30. The van der Waals surface area contributed by atoms with Gasteiger partial charge in [0, 0.05) is 11.9 Å². The van der Waals surface area contributed by atoms with Crippen molar-refractivity contribution in [3.8, 4) is 28.6 Å². The molecule has 0 bridgehead atoms. The molecule has 0 unspecified atom stereocenters. The Morgan fingerprint density at radius 2 is 0.936 bits per heavy atom. The highest BCUT2D eigenvalue weighted by Gasteiger charge is 2.23. The van der Waals surface area contributed by atoms with Crippen molar-refractivity contribution in [2.24, 2.45) is 0 Å². The molecular formula is C38H25N7O2. The van der Waals surface area contributed by atoms with Gasteiger partial charge < -0.3 is 0 Å². The molecule has 0 saturated heterocycles. The van der Waals surface area contributed by atoms with Crippen molar-refractivity contribution in [1.82, 2.24) is 32.8 Å². The third-order valence-electron chi connectivity index (χ3n) is 8.53. The smallest absolute Gasteiger partial charge is 0.299 e. The van der Waals surface area contributed by atoms with Crippen LogP contribution in [0.25, 0.3) is 61.7 Å². The third kappa shape index (κ3) is 4.10. The van der Waals surface area contributed by atoms with Crippen molar-refractivity contribution in [3.05, 3.63) is 173 Å². The molecule has 224 valence electrons. The average Bonchev–Trinajstić information content (AvgIpc) is 3.77. The van der Waals surface area contributed by atoms with Crippen molar-refractivity contribution in [2.75, 3.05) is 0 Å². The molecule has 0 spiro atoms. The van der Waals surface area contributed by atoms with Crippen LogP contribution in [0.2, 0.25) is 0 Å². The second kappa shape index (κ2) is 10.4. The largest absolute Gasteiger partial charge is 0.339 e. The summed E-state index contributed by atoms with van der Waals surface area (Å²) in [6.45, 7) is 0. The van der Waals surface area contributed by atoms with Crippen LogP contribution in [-0.2, 0) is 0 Å². The Morgan fingerprint density at radius 1 is 0.404 bits per heavy atom. The number of fused-ring (bicyclic) bond motifs is 3. The Bertz CT molecular complexity index is 2720. The van der Waals surface area contributed by atoms with Crippen LogP contribution in [0.3, 0.4) is 0 Å². The van der Waals surface area contributed by atoms with Crippen LogP contribution < -0.4 is 11.4 Å². The van der Waals surface area contributed by atoms with Gasteiger partial charge in [-0.25, -0.2) is 24.1 Å². The van der Waals surface area contributed by atoms with Crippen molar-refractivity contribution in [2.45, 2.75) is 0 Å². The summed E-state index contributed by atoms with van der Waals surface area (Å²) in [7, 11) is 0. The van der Waals surface area contributed by atoms with Gasteiger partial charge in [0.25, 0.3) is 0 Å². The number of hydrogen-bond acceptors (Lipinski definition) is 4. The summed E-state index contributed by atoms with van der Waals surface area (Å²) < 4.78 is 8.69. The van der Waals surface area contributed by atoms with E-state index in [1.165, 1.54) is 0 Å². The summed E-state index contributed by atoms with van der Waals surface area (Å²) in [5, 5.41) is 0. The number of hydrogen-bond donors (Lipinski definition) is 0. The number of benzene rings is 5. The van der Waals surface area contributed by atoms with Gasteiger partial charge in [0.2, 0.25) is 0 Å². The molecule has 0 radical (unpaired) electrons. The fraction of sp³-hybridized carbons (Fsp3) is 0. The first-order valence-corrected chi connectivity index (χ1v) is 15.2. The molecule has 4 aromatic heterocycles. The number of aromatic nitrogens is 7. The monoisotopic (exact) mass is 611 g/mol. The normalized spacial score (nSPS) is 11.6. The molecular weight excluding hydrogens is 586 g/mol. The molecule has 9 heteroatoms. The fourth-order valence-corrected chi connectivity index (χ4v) is 6.44. The summed E-state index contributed by atoms with van der Waals surface area (Å²) in [6.07, 6.45) is 3.46. The van der Waals surface area contributed by atoms with Gasteiger partial charge in [-0.15, -0.1) is 0 Å². The van der Waals surface area contributed by atoms with E-state index in [1.54, 1.807) is 30.8 Å². The zero-order valence-corrected chi connectivity index (χ0v) is 24.9.